The lowest BCUT2D eigenvalue weighted by Crippen LogP contribution is -2.35. The Morgan fingerprint density at radius 3 is 2.74 bits per heavy atom. The molecule has 1 aliphatic heterocycles. The molecule has 1 aromatic heterocycles. The summed E-state index contributed by atoms with van der Waals surface area (Å²) in [4.78, 5) is 19.3. The molecule has 2 aromatic carbocycles. The van der Waals surface area contributed by atoms with Crippen molar-refractivity contribution in [1.82, 2.24) is 4.98 Å². The second-order valence-electron chi connectivity index (χ2n) is 6.47. The zero-order valence-electron chi connectivity index (χ0n) is 15.2. The zero-order valence-corrected chi connectivity index (χ0v) is 15.2. The first kappa shape index (κ1) is 17.1. The van der Waals surface area contributed by atoms with E-state index in [1.165, 1.54) is 5.56 Å². The van der Waals surface area contributed by atoms with E-state index >= 15 is 0 Å². The molecule has 2 heterocycles. The standard InChI is InChI=1S/C22H21N3O2/c1-27-19-10-8-18(9-11-19)24-21-15-17(12-13-23-21)22(26)25-14-4-6-16-5-2-3-7-20(16)25/h2-3,5,7-13,15H,4,6,14H2,1H3,(H,23,24). The SMILES string of the molecule is COc1ccc(Nc2cc(C(=O)N3CCCc4ccccc43)ccn2)cc1. The van der Waals surface area contributed by atoms with E-state index in [0.717, 1.165) is 36.5 Å². The van der Waals surface area contributed by atoms with E-state index in [2.05, 4.69) is 16.4 Å². The average Bonchev–Trinajstić information content (AvgIpc) is 2.73. The Bertz CT molecular complexity index is 954. The first-order chi connectivity index (χ1) is 13.2. The van der Waals surface area contributed by atoms with Crippen LogP contribution in [0.15, 0.2) is 66.9 Å². The second-order valence-corrected chi connectivity index (χ2v) is 6.47. The van der Waals surface area contributed by atoms with Crippen LogP contribution in [0.1, 0.15) is 22.3 Å². The number of aromatic nitrogens is 1. The van der Waals surface area contributed by atoms with Gasteiger partial charge in [-0.3, -0.25) is 4.79 Å². The molecule has 0 aliphatic carbocycles. The lowest BCUT2D eigenvalue weighted by Gasteiger charge is -2.29. The van der Waals surface area contributed by atoms with E-state index < -0.39 is 0 Å². The highest BCUT2D eigenvalue weighted by Gasteiger charge is 2.23. The second kappa shape index (κ2) is 7.50. The van der Waals surface area contributed by atoms with Crippen LogP contribution in [0, 0.1) is 0 Å². The third-order valence-electron chi connectivity index (χ3n) is 4.72. The number of nitrogens with zero attached hydrogens (tertiary/aromatic N) is 2. The predicted octanol–water partition coefficient (Wildman–Crippen LogP) is 4.43. The molecule has 0 atom stereocenters. The Hall–Kier alpha value is -3.34. The van der Waals surface area contributed by atoms with E-state index in [-0.39, 0.29) is 5.91 Å². The summed E-state index contributed by atoms with van der Waals surface area (Å²) in [6, 6.07) is 19.3. The Morgan fingerprint density at radius 1 is 1.11 bits per heavy atom. The molecule has 1 aliphatic rings. The minimum Gasteiger partial charge on any atom is -0.497 e. The largest absolute Gasteiger partial charge is 0.497 e. The van der Waals surface area contributed by atoms with Gasteiger partial charge in [-0.25, -0.2) is 4.98 Å². The van der Waals surface area contributed by atoms with E-state index in [1.807, 2.05) is 47.4 Å². The monoisotopic (exact) mass is 359 g/mol. The number of rotatable bonds is 4. The summed E-state index contributed by atoms with van der Waals surface area (Å²) in [6.45, 7) is 0.736. The summed E-state index contributed by atoms with van der Waals surface area (Å²) in [6.07, 6.45) is 3.65. The minimum absolute atomic E-state index is 0.00216. The first-order valence-corrected chi connectivity index (χ1v) is 9.01. The molecular formula is C22H21N3O2. The predicted molar refractivity (Wildman–Crippen MR) is 107 cm³/mol. The van der Waals surface area contributed by atoms with Crippen molar-refractivity contribution >= 4 is 23.1 Å². The quantitative estimate of drug-likeness (QED) is 0.749. The number of amides is 1. The highest BCUT2D eigenvalue weighted by atomic mass is 16.5. The number of carbonyl (C=O) groups excluding carboxylic acids is 1. The number of anilines is 3. The zero-order chi connectivity index (χ0) is 18.6. The number of para-hydroxylation sites is 1. The highest BCUT2D eigenvalue weighted by molar-refractivity contribution is 6.07. The first-order valence-electron chi connectivity index (χ1n) is 9.01. The van der Waals surface area contributed by atoms with Gasteiger partial charge in [-0.15, -0.1) is 0 Å². The van der Waals surface area contributed by atoms with E-state index in [0.29, 0.717) is 11.4 Å². The van der Waals surface area contributed by atoms with Gasteiger partial charge < -0.3 is 15.0 Å². The fourth-order valence-corrected chi connectivity index (χ4v) is 3.35. The smallest absolute Gasteiger partial charge is 0.258 e. The summed E-state index contributed by atoms with van der Waals surface area (Å²) in [5.41, 5.74) is 3.74. The average molecular weight is 359 g/mol. The maximum atomic E-state index is 13.1. The van der Waals surface area contributed by atoms with Crippen LogP contribution in [-0.2, 0) is 6.42 Å². The van der Waals surface area contributed by atoms with Gasteiger partial charge in [0.2, 0.25) is 0 Å². The number of nitrogens with one attached hydrogen (secondary N) is 1. The van der Waals surface area contributed by atoms with E-state index in [1.54, 1.807) is 25.4 Å². The van der Waals surface area contributed by atoms with Gasteiger partial charge in [0.1, 0.15) is 11.6 Å². The maximum Gasteiger partial charge on any atom is 0.258 e. The molecule has 0 spiro atoms. The van der Waals surface area contributed by atoms with Crippen molar-refractivity contribution in [3.8, 4) is 5.75 Å². The van der Waals surface area contributed by atoms with Crippen molar-refractivity contribution in [1.29, 1.82) is 0 Å². The van der Waals surface area contributed by atoms with Crippen molar-refractivity contribution in [3.63, 3.8) is 0 Å². The number of aryl methyl sites for hydroxylation is 1. The molecule has 0 unspecified atom stereocenters. The van der Waals surface area contributed by atoms with Gasteiger partial charge in [0, 0.05) is 29.7 Å². The van der Waals surface area contributed by atoms with Gasteiger partial charge in [-0.1, -0.05) is 18.2 Å². The number of hydrogen-bond donors (Lipinski definition) is 1. The molecule has 1 amide bonds. The van der Waals surface area contributed by atoms with Crippen LogP contribution in [0.25, 0.3) is 0 Å². The third kappa shape index (κ3) is 3.62. The summed E-state index contributed by atoms with van der Waals surface area (Å²) in [5.74, 6) is 1.43. The van der Waals surface area contributed by atoms with Gasteiger partial charge in [-0.05, 0) is 60.9 Å². The van der Waals surface area contributed by atoms with E-state index in [4.69, 9.17) is 4.74 Å². The van der Waals surface area contributed by atoms with Crippen LogP contribution in [0.3, 0.4) is 0 Å². The number of methoxy groups -OCH3 is 1. The Kier molecular flexibility index (Phi) is 4.75. The molecule has 136 valence electrons. The van der Waals surface area contributed by atoms with Crippen molar-refractivity contribution in [2.24, 2.45) is 0 Å². The Balaban J connectivity index is 1.56. The number of pyridine rings is 1. The number of carbonyl (C=O) groups is 1. The van der Waals surface area contributed by atoms with E-state index in [9.17, 15) is 4.79 Å². The number of ether oxygens (including phenoxy) is 1. The Labute approximate surface area is 158 Å². The van der Waals surface area contributed by atoms with Crippen LogP contribution < -0.4 is 15.0 Å². The summed E-state index contributed by atoms with van der Waals surface area (Å²) in [7, 11) is 1.64. The molecule has 0 fully saturated rings. The van der Waals surface area contributed by atoms with Crippen LogP contribution in [0.5, 0.6) is 5.75 Å². The highest BCUT2D eigenvalue weighted by Crippen LogP contribution is 2.28. The van der Waals surface area contributed by atoms with Gasteiger partial charge in [0.05, 0.1) is 7.11 Å². The number of benzene rings is 2. The van der Waals surface area contributed by atoms with Crippen LogP contribution in [-0.4, -0.2) is 24.5 Å². The third-order valence-corrected chi connectivity index (χ3v) is 4.72. The van der Waals surface area contributed by atoms with Crippen molar-refractivity contribution in [2.75, 3.05) is 23.9 Å². The van der Waals surface area contributed by atoms with Gasteiger partial charge in [-0.2, -0.15) is 0 Å². The lowest BCUT2D eigenvalue weighted by atomic mass is 10.0. The molecule has 3 aromatic rings. The normalized spacial score (nSPS) is 13.0. The molecule has 0 bridgehead atoms. The van der Waals surface area contributed by atoms with Gasteiger partial charge in [0.25, 0.3) is 5.91 Å². The molecule has 1 N–H and O–H groups in total. The van der Waals surface area contributed by atoms with Gasteiger partial charge >= 0.3 is 0 Å². The summed E-state index contributed by atoms with van der Waals surface area (Å²) in [5, 5.41) is 3.24. The van der Waals surface area contributed by atoms with Crippen LogP contribution >= 0.6 is 0 Å². The summed E-state index contributed by atoms with van der Waals surface area (Å²) >= 11 is 0. The van der Waals surface area contributed by atoms with Crippen LogP contribution in [0.4, 0.5) is 17.2 Å². The van der Waals surface area contributed by atoms with Crippen molar-refractivity contribution in [3.05, 3.63) is 78.0 Å². The topological polar surface area (TPSA) is 54.5 Å². The van der Waals surface area contributed by atoms with Gasteiger partial charge in [0.15, 0.2) is 0 Å². The molecule has 0 saturated heterocycles. The number of fused-ring (bicyclic) bond motifs is 1. The minimum atomic E-state index is 0.00216. The molecule has 5 nitrogen and oxygen atoms in total. The van der Waals surface area contributed by atoms with Crippen LogP contribution in [0.2, 0.25) is 0 Å². The molecule has 0 saturated carbocycles. The number of hydrogen-bond acceptors (Lipinski definition) is 4. The summed E-state index contributed by atoms with van der Waals surface area (Å²) < 4.78 is 5.17. The molecule has 0 radical (unpaired) electrons. The van der Waals surface area contributed by atoms with Crippen molar-refractivity contribution in [2.45, 2.75) is 12.8 Å². The fourth-order valence-electron chi connectivity index (χ4n) is 3.35. The molecule has 27 heavy (non-hydrogen) atoms. The lowest BCUT2D eigenvalue weighted by molar-refractivity contribution is 0.0985. The molecule has 5 heteroatoms. The van der Waals surface area contributed by atoms with Crippen molar-refractivity contribution < 1.29 is 9.53 Å². The fraction of sp³-hybridized carbons (Fsp3) is 0.182. The maximum absolute atomic E-state index is 13.1. The molecular weight excluding hydrogens is 338 g/mol. The molecule has 4 rings (SSSR count). The Morgan fingerprint density at radius 2 is 1.93 bits per heavy atom.